The lowest BCUT2D eigenvalue weighted by Crippen LogP contribution is -2.12. The molecule has 2 heterocycles. The Morgan fingerprint density at radius 1 is 1.30 bits per heavy atom. The number of carbonyl (C=O) groups excluding carboxylic acids is 1. The van der Waals surface area contributed by atoms with Gasteiger partial charge in [-0.05, 0) is 24.5 Å². The smallest absolute Gasteiger partial charge is 0.276 e. The number of amides is 1. The quantitative estimate of drug-likeness (QED) is 0.645. The molecule has 1 N–H and O–H groups in total. The minimum Gasteiger partial charge on any atom is -0.416 e. The molecule has 1 unspecified atom stereocenters. The molecule has 0 saturated carbocycles. The van der Waals surface area contributed by atoms with Gasteiger partial charge in [0.2, 0.25) is 11.8 Å². The van der Waals surface area contributed by atoms with Crippen molar-refractivity contribution in [3.05, 3.63) is 34.1 Å². The number of benzene rings is 1. The molecule has 1 aromatic carbocycles. The highest BCUT2D eigenvalue weighted by Crippen LogP contribution is 2.30. The molecular formula is C16H17Cl2N3O4S2. The van der Waals surface area contributed by atoms with Gasteiger partial charge in [0.25, 0.3) is 5.22 Å². The predicted molar refractivity (Wildman–Crippen MR) is 105 cm³/mol. The maximum atomic E-state index is 12.0. The van der Waals surface area contributed by atoms with E-state index in [4.69, 9.17) is 27.6 Å². The fourth-order valence-corrected chi connectivity index (χ4v) is 5.78. The van der Waals surface area contributed by atoms with Gasteiger partial charge in [-0.1, -0.05) is 41.0 Å². The molecular weight excluding hydrogens is 433 g/mol. The van der Waals surface area contributed by atoms with Gasteiger partial charge in [0.05, 0.1) is 27.2 Å². The summed E-state index contributed by atoms with van der Waals surface area (Å²) in [6.07, 6.45) is 1.29. The Labute approximate surface area is 171 Å². The third-order valence-electron chi connectivity index (χ3n) is 4.02. The van der Waals surface area contributed by atoms with E-state index in [1.165, 1.54) is 11.8 Å². The van der Waals surface area contributed by atoms with Crippen LogP contribution in [0.15, 0.2) is 27.8 Å². The van der Waals surface area contributed by atoms with Crippen LogP contribution < -0.4 is 5.32 Å². The molecule has 1 aliphatic rings. The normalized spacial score (nSPS) is 18.5. The van der Waals surface area contributed by atoms with Crippen molar-refractivity contribution in [1.82, 2.24) is 10.2 Å². The maximum Gasteiger partial charge on any atom is 0.276 e. The number of nitrogens with one attached hydrogen (secondary N) is 1. The van der Waals surface area contributed by atoms with Gasteiger partial charge in [-0.15, -0.1) is 10.2 Å². The van der Waals surface area contributed by atoms with Crippen LogP contribution in [0.2, 0.25) is 10.0 Å². The van der Waals surface area contributed by atoms with E-state index >= 15 is 0 Å². The molecule has 1 fully saturated rings. The molecule has 0 bridgehead atoms. The first kappa shape index (κ1) is 20.4. The lowest BCUT2D eigenvalue weighted by Gasteiger charge is -2.08. The lowest BCUT2D eigenvalue weighted by atomic mass is 10.1. The standard InChI is InChI=1S/C16H17Cl2N3O4S2/c17-11-2-1-3-12(18)15(11)19-13(22)4-6-26-16-21-20-14(25-16)8-10-5-7-27(23,24)9-10/h1-3,10H,4-9H2,(H,19,22). The molecule has 1 atom stereocenters. The summed E-state index contributed by atoms with van der Waals surface area (Å²) in [4.78, 5) is 12.0. The zero-order chi connectivity index (χ0) is 19.4. The van der Waals surface area contributed by atoms with E-state index in [0.29, 0.717) is 45.4 Å². The van der Waals surface area contributed by atoms with Crippen LogP contribution in [0.5, 0.6) is 0 Å². The van der Waals surface area contributed by atoms with E-state index in [2.05, 4.69) is 15.5 Å². The van der Waals surface area contributed by atoms with Crippen molar-refractivity contribution < 1.29 is 17.6 Å². The molecule has 1 amide bonds. The topological polar surface area (TPSA) is 102 Å². The molecule has 146 valence electrons. The van der Waals surface area contributed by atoms with Gasteiger partial charge in [-0.2, -0.15) is 0 Å². The van der Waals surface area contributed by atoms with Crippen LogP contribution >= 0.6 is 35.0 Å². The number of thioether (sulfide) groups is 1. The molecule has 0 aliphatic carbocycles. The number of anilines is 1. The van der Waals surface area contributed by atoms with Crippen LogP contribution in [0.4, 0.5) is 5.69 Å². The zero-order valence-electron chi connectivity index (χ0n) is 14.2. The minimum absolute atomic E-state index is 0.0273. The molecule has 1 aromatic heterocycles. The van der Waals surface area contributed by atoms with Crippen molar-refractivity contribution in [2.75, 3.05) is 22.6 Å². The van der Waals surface area contributed by atoms with Crippen LogP contribution in [0.25, 0.3) is 0 Å². The van der Waals surface area contributed by atoms with Gasteiger partial charge in [0.15, 0.2) is 9.84 Å². The third-order valence-corrected chi connectivity index (χ3v) is 7.31. The number of aromatic nitrogens is 2. The monoisotopic (exact) mass is 449 g/mol. The lowest BCUT2D eigenvalue weighted by molar-refractivity contribution is -0.115. The highest BCUT2D eigenvalue weighted by molar-refractivity contribution is 7.99. The molecule has 27 heavy (non-hydrogen) atoms. The van der Waals surface area contributed by atoms with Gasteiger partial charge in [0.1, 0.15) is 0 Å². The number of carbonyl (C=O) groups is 1. The first-order valence-electron chi connectivity index (χ1n) is 8.22. The number of nitrogens with zero attached hydrogens (tertiary/aromatic N) is 2. The Hall–Kier alpha value is -1.29. The second-order valence-corrected chi connectivity index (χ2v) is 10.3. The van der Waals surface area contributed by atoms with Crippen LogP contribution in [0.3, 0.4) is 0 Å². The summed E-state index contributed by atoms with van der Waals surface area (Å²) in [5.74, 6) is 1.05. The summed E-state index contributed by atoms with van der Waals surface area (Å²) in [5.41, 5.74) is 0.391. The summed E-state index contributed by atoms with van der Waals surface area (Å²) in [5, 5.41) is 11.7. The predicted octanol–water partition coefficient (Wildman–Crippen LogP) is 3.47. The molecule has 1 aliphatic heterocycles. The number of sulfone groups is 1. The molecule has 1 saturated heterocycles. The van der Waals surface area contributed by atoms with E-state index in [0.717, 1.165) is 0 Å². The number of para-hydroxylation sites is 1. The molecule has 2 aromatic rings. The number of hydrogen-bond donors (Lipinski definition) is 1. The van der Waals surface area contributed by atoms with Crippen LogP contribution in [-0.4, -0.2) is 41.8 Å². The van der Waals surface area contributed by atoms with E-state index in [1.54, 1.807) is 18.2 Å². The summed E-state index contributed by atoms with van der Waals surface area (Å²) in [7, 11) is -2.92. The summed E-state index contributed by atoms with van der Waals surface area (Å²) in [6.45, 7) is 0. The van der Waals surface area contributed by atoms with Crippen molar-refractivity contribution in [3.8, 4) is 0 Å². The zero-order valence-corrected chi connectivity index (χ0v) is 17.3. The highest BCUT2D eigenvalue weighted by atomic mass is 35.5. The van der Waals surface area contributed by atoms with Gasteiger partial charge in [-0.3, -0.25) is 4.79 Å². The number of halogens is 2. The molecule has 3 rings (SSSR count). The Morgan fingerprint density at radius 2 is 2.04 bits per heavy atom. The fourth-order valence-electron chi connectivity index (χ4n) is 2.71. The van der Waals surface area contributed by atoms with Crippen LogP contribution in [0, 0.1) is 5.92 Å². The largest absolute Gasteiger partial charge is 0.416 e. The Morgan fingerprint density at radius 3 is 2.70 bits per heavy atom. The Bertz CT molecular complexity index is 913. The first-order valence-corrected chi connectivity index (χ1v) is 11.8. The van der Waals surface area contributed by atoms with Crippen molar-refractivity contribution in [3.63, 3.8) is 0 Å². The Balaban J connectivity index is 1.44. The summed E-state index contributed by atoms with van der Waals surface area (Å²) >= 11 is 13.3. The second-order valence-electron chi connectivity index (χ2n) is 6.18. The van der Waals surface area contributed by atoms with E-state index in [-0.39, 0.29) is 29.8 Å². The maximum absolute atomic E-state index is 12.0. The molecule has 7 nitrogen and oxygen atoms in total. The minimum atomic E-state index is -2.92. The van der Waals surface area contributed by atoms with Crippen molar-refractivity contribution in [2.24, 2.45) is 5.92 Å². The second kappa shape index (κ2) is 8.81. The van der Waals surface area contributed by atoms with Crippen molar-refractivity contribution in [1.29, 1.82) is 0 Å². The van der Waals surface area contributed by atoms with Gasteiger partial charge in [-0.25, -0.2) is 8.42 Å². The van der Waals surface area contributed by atoms with E-state index < -0.39 is 9.84 Å². The summed E-state index contributed by atoms with van der Waals surface area (Å²) in [6, 6.07) is 4.99. The first-order chi connectivity index (χ1) is 12.8. The van der Waals surface area contributed by atoms with Crippen LogP contribution in [0.1, 0.15) is 18.7 Å². The SMILES string of the molecule is O=C(CCSc1nnc(CC2CCS(=O)(=O)C2)o1)Nc1c(Cl)cccc1Cl. The van der Waals surface area contributed by atoms with Crippen LogP contribution in [-0.2, 0) is 21.1 Å². The van der Waals surface area contributed by atoms with Gasteiger partial charge >= 0.3 is 0 Å². The molecule has 0 radical (unpaired) electrons. The number of hydrogen-bond acceptors (Lipinski definition) is 7. The fraction of sp³-hybridized carbons (Fsp3) is 0.438. The van der Waals surface area contributed by atoms with E-state index in [1.807, 2.05) is 0 Å². The highest BCUT2D eigenvalue weighted by Gasteiger charge is 2.29. The van der Waals surface area contributed by atoms with Crippen molar-refractivity contribution in [2.45, 2.75) is 24.5 Å². The Kier molecular flexibility index (Phi) is 6.67. The third kappa shape index (κ3) is 5.84. The molecule has 0 spiro atoms. The van der Waals surface area contributed by atoms with Gasteiger partial charge < -0.3 is 9.73 Å². The molecule has 11 heteroatoms. The average Bonchev–Trinajstić information content (AvgIpc) is 3.17. The van der Waals surface area contributed by atoms with Gasteiger partial charge in [0, 0.05) is 18.6 Å². The number of rotatable bonds is 7. The van der Waals surface area contributed by atoms with Crippen molar-refractivity contribution >= 4 is 56.4 Å². The average molecular weight is 450 g/mol. The summed E-state index contributed by atoms with van der Waals surface area (Å²) < 4.78 is 28.5. The van der Waals surface area contributed by atoms with E-state index in [9.17, 15) is 13.2 Å².